The Labute approximate surface area is 175 Å². The second kappa shape index (κ2) is 9.43. The normalized spacial score (nSPS) is 16.1. The van der Waals surface area contributed by atoms with Gasteiger partial charge in [-0.3, -0.25) is 9.59 Å². The molecule has 0 aromatic heterocycles. The summed E-state index contributed by atoms with van der Waals surface area (Å²) in [6, 6.07) is 11.8. The van der Waals surface area contributed by atoms with Crippen molar-refractivity contribution >= 4 is 29.2 Å². The minimum Gasteiger partial charge on any atom is -0.478 e. The van der Waals surface area contributed by atoms with E-state index < -0.39 is 5.97 Å². The topological polar surface area (TPSA) is 95.9 Å². The van der Waals surface area contributed by atoms with Crippen molar-refractivity contribution in [3.8, 4) is 0 Å². The van der Waals surface area contributed by atoms with Crippen molar-refractivity contribution in [3.05, 3.63) is 59.2 Å². The summed E-state index contributed by atoms with van der Waals surface area (Å²) in [5.41, 5.74) is 2.70. The van der Waals surface area contributed by atoms with Crippen molar-refractivity contribution in [1.29, 1.82) is 0 Å². The van der Waals surface area contributed by atoms with Gasteiger partial charge >= 0.3 is 11.9 Å². The Hall–Kier alpha value is -3.35. The van der Waals surface area contributed by atoms with Crippen molar-refractivity contribution in [1.82, 2.24) is 0 Å². The van der Waals surface area contributed by atoms with Crippen LogP contribution in [-0.2, 0) is 9.53 Å². The van der Waals surface area contributed by atoms with Gasteiger partial charge in [0.2, 0.25) is 0 Å². The Morgan fingerprint density at radius 3 is 2.50 bits per heavy atom. The third-order valence-corrected chi connectivity index (χ3v) is 5.19. The van der Waals surface area contributed by atoms with E-state index in [1.165, 1.54) is 12.1 Å². The standard InChI is InChI=1S/C23H26N2O5/c1-3-30-23(29)18-5-4-12-25(14-18)20-11-10-17(22(27)28)13-19(20)24-21(26)16-8-6-15(2)7-9-16/h6-11,13,18H,3-5,12,14H2,1-2H3,(H,24,26)(H,27,28)/t18-/m0/s1. The van der Waals surface area contributed by atoms with Gasteiger partial charge < -0.3 is 20.1 Å². The molecule has 0 aliphatic carbocycles. The number of carboxylic acids is 1. The molecule has 3 rings (SSSR count). The summed E-state index contributed by atoms with van der Waals surface area (Å²) in [5, 5.41) is 12.2. The van der Waals surface area contributed by atoms with Gasteiger partial charge in [-0.15, -0.1) is 0 Å². The first-order valence-corrected chi connectivity index (χ1v) is 10.1. The van der Waals surface area contributed by atoms with Gasteiger partial charge in [0.05, 0.1) is 29.5 Å². The first kappa shape index (κ1) is 21.4. The summed E-state index contributed by atoms with van der Waals surface area (Å²) in [6.45, 7) is 5.21. The molecule has 1 saturated heterocycles. The van der Waals surface area contributed by atoms with Crippen LogP contribution in [0.1, 0.15) is 46.0 Å². The molecular formula is C23H26N2O5. The van der Waals surface area contributed by atoms with Crippen LogP contribution in [0, 0.1) is 12.8 Å². The SMILES string of the molecule is CCOC(=O)[C@H]1CCCN(c2ccc(C(=O)O)cc2NC(=O)c2ccc(C)cc2)C1. The summed E-state index contributed by atoms with van der Waals surface area (Å²) < 4.78 is 5.17. The monoisotopic (exact) mass is 410 g/mol. The molecule has 158 valence electrons. The molecule has 1 aliphatic heterocycles. The number of amides is 1. The Morgan fingerprint density at radius 2 is 1.83 bits per heavy atom. The molecule has 1 amide bonds. The van der Waals surface area contributed by atoms with Crippen molar-refractivity contribution in [2.24, 2.45) is 5.92 Å². The lowest BCUT2D eigenvalue weighted by molar-refractivity contribution is -0.148. The quantitative estimate of drug-likeness (QED) is 0.705. The zero-order valence-corrected chi connectivity index (χ0v) is 17.2. The number of piperidine rings is 1. The summed E-state index contributed by atoms with van der Waals surface area (Å²) >= 11 is 0. The molecule has 0 saturated carbocycles. The van der Waals surface area contributed by atoms with Crippen LogP contribution in [0.2, 0.25) is 0 Å². The number of hydrogen-bond acceptors (Lipinski definition) is 5. The number of anilines is 2. The number of hydrogen-bond donors (Lipinski definition) is 2. The van der Waals surface area contributed by atoms with Crippen LogP contribution in [0.15, 0.2) is 42.5 Å². The number of esters is 1. The number of rotatable bonds is 6. The minimum absolute atomic E-state index is 0.0805. The fourth-order valence-corrected chi connectivity index (χ4v) is 3.59. The van der Waals surface area contributed by atoms with Crippen LogP contribution < -0.4 is 10.2 Å². The van der Waals surface area contributed by atoms with Gasteiger partial charge in [-0.05, 0) is 57.0 Å². The van der Waals surface area contributed by atoms with Gasteiger partial charge in [-0.1, -0.05) is 17.7 Å². The molecule has 7 heteroatoms. The van der Waals surface area contributed by atoms with Crippen LogP contribution in [0.3, 0.4) is 0 Å². The molecule has 2 N–H and O–H groups in total. The lowest BCUT2D eigenvalue weighted by atomic mass is 9.97. The number of carbonyl (C=O) groups excluding carboxylic acids is 2. The molecule has 0 bridgehead atoms. The molecule has 1 fully saturated rings. The van der Waals surface area contributed by atoms with E-state index in [0.717, 1.165) is 18.4 Å². The molecule has 1 aliphatic rings. The maximum Gasteiger partial charge on any atom is 0.335 e. The molecule has 30 heavy (non-hydrogen) atoms. The fraction of sp³-hybridized carbons (Fsp3) is 0.348. The van der Waals surface area contributed by atoms with Gasteiger partial charge in [0.15, 0.2) is 0 Å². The van der Waals surface area contributed by atoms with E-state index in [4.69, 9.17) is 4.74 Å². The van der Waals surface area contributed by atoms with E-state index in [2.05, 4.69) is 5.32 Å². The Morgan fingerprint density at radius 1 is 1.13 bits per heavy atom. The molecule has 1 heterocycles. The number of carboxylic acid groups (broad SMARTS) is 1. The number of aryl methyl sites for hydroxylation is 1. The molecule has 2 aromatic carbocycles. The number of ether oxygens (including phenoxy) is 1. The lowest BCUT2D eigenvalue weighted by Crippen LogP contribution is -2.39. The second-order valence-corrected chi connectivity index (χ2v) is 7.39. The molecule has 1 atom stereocenters. The third kappa shape index (κ3) is 4.97. The van der Waals surface area contributed by atoms with Crippen LogP contribution in [0.25, 0.3) is 0 Å². The highest BCUT2D eigenvalue weighted by Crippen LogP contribution is 2.32. The summed E-state index contributed by atoms with van der Waals surface area (Å²) in [5.74, 6) is -1.87. The number of nitrogens with zero attached hydrogens (tertiary/aromatic N) is 1. The zero-order chi connectivity index (χ0) is 21.7. The molecule has 2 aromatic rings. The lowest BCUT2D eigenvalue weighted by Gasteiger charge is -2.34. The zero-order valence-electron chi connectivity index (χ0n) is 17.2. The first-order chi connectivity index (χ1) is 14.4. The van der Waals surface area contributed by atoms with Gasteiger partial charge in [-0.25, -0.2) is 4.79 Å². The van der Waals surface area contributed by atoms with E-state index in [1.807, 2.05) is 24.0 Å². The second-order valence-electron chi connectivity index (χ2n) is 7.39. The molecule has 0 spiro atoms. The molecule has 0 radical (unpaired) electrons. The summed E-state index contributed by atoms with van der Waals surface area (Å²) in [7, 11) is 0. The highest BCUT2D eigenvalue weighted by Gasteiger charge is 2.28. The van der Waals surface area contributed by atoms with Gasteiger partial charge in [-0.2, -0.15) is 0 Å². The van der Waals surface area contributed by atoms with Gasteiger partial charge in [0.1, 0.15) is 0 Å². The van der Waals surface area contributed by atoms with Gasteiger partial charge in [0.25, 0.3) is 5.91 Å². The average Bonchev–Trinajstić information content (AvgIpc) is 2.74. The number of aromatic carboxylic acids is 1. The average molecular weight is 410 g/mol. The Bertz CT molecular complexity index is 939. The number of carbonyl (C=O) groups is 3. The Kier molecular flexibility index (Phi) is 6.72. The van der Waals surface area contributed by atoms with Crippen molar-refractivity contribution in [2.75, 3.05) is 29.9 Å². The smallest absolute Gasteiger partial charge is 0.335 e. The van der Waals surface area contributed by atoms with Crippen molar-refractivity contribution < 1.29 is 24.2 Å². The maximum atomic E-state index is 12.7. The van der Waals surface area contributed by atoms with Crippen LogP contribution in [0.5, 0.6) is 0 Å². The molecule has 7 nitrogen and oxygen atoms in total. The molecular weight excluding hydrogens is 384 g/mol. The Balaban J connectivity index is 1.88. The number of benzene rings is 2. The van der Waals surface area contributed by atoms with E-state index in [1.54, 1.807) is 25.1 Å². The largest absolute Gasteiger partial charge is 0.478 e. The first-order valence-electron chi connectivity index (χ1n) is 10.1. The van der Waals surface area contributed by atoms with Crippen molar-refractivity contribution in [2.45, 2.75) is 26.7 Å². The van der Waals surface area contributed by atoms with E-state index >= 15 is 0 Å². The third-order valence-electron chi connectivity index (χ3n) is 5.19. The van der Waals surface area contributed by atoms with Crippen LogP contribution >= 0.6 is 0 Å². The van der Waals surface area contributed by atoms with E-state index in [9.17, 15) is 19.5 Å². The highest BCUT2D eigenvalue weighted by atomic mass is 16.5. The summed E-state index contributed by atoms with van der Waals surface area (Å²) in [4.78, 5) is 38.4. The predicted octanol–water partition coefficient (Wildman–Crippen LogP) is 3.73. The summed E-state index contributed by atoms with van der Waals surface area (Å²) in [6.07, 6.45) is 1.54. The fourth-order valence-electron chi connectivity index (χ4n) is 3.59. The van der Waals surface area contributed by atoms with Crippen LogP contribution in [0.4, 0.5) is 11.4 Å². The predicted molar refractivity (Wildman–Crippen MR) is 114 cm³/mol. The highest BCUT2D eigenvalue weighted by molar-refractivity contribution is 6.06. The van der Waals surface area contributed by atoms with Crippen LogP contribution in [-0.4, -0.2) is 42.6 Å². The van der Waals surface area contributed by atoms with Gasteiger partial charge in [0, 0.05) is 18.7 Å². The van der Waals surface area contributed by atoms with Crippen molar-refractivity contribution in [3.63, 3.8) is 0 Å². The molecule has 0 unspecified atom stereocenters. The maximum absolute atomic E-state index is 12.7. The number of nitrogens with one attached hydrogen (secondary N) is 1. The van der Waals surface area contributed by atoms with E-state index in [-0.39, 0.29) is 23.4 Å². The minimum atomic E-state index is -1.07. The van der Waals surface area contributed by atoms with E-state index in [0.29, 0.717) is 36.6 Å².